The van der Waals surface area contributed by atoms with Crippen LogP contribution >= 0.6 is 0 Å². The molecule has 0 saturated heterocycles. The minimum atomic E-state index is -2.61. The van der Waals surface area contributed by atoms with Crippen LogP contribution in [0.25, 0.3) is 0 Å². The fourth-order valence-electron chi connectivity index (χ4n) is 0.166. The normalized spacial score (nSPS) is 9.72. The van der Waals surface area contributed by atoms with Crippen molar-refractivity contribution < 1.29 is 21.9 Å². The van der Waals surface area contributed by atoms with Crippen molar-refractivity contribution in [3.63, 3.8) is 0 Å². The molecule has 0 aliphatic heterocycles. The first-order valence-electron chi connectivity index (χ1n) is 5.43. The molecule has 0 spiro atoms. The van der Waals surface area contributed by atoms with Crippen molar-refractivity contribution in [2.75, 3.05) is 34.8 Å². The van der Waals surface area contributed by atoms with E-state index in [1.54, 1.807) is 6.92 Å². The summed E-state index contributed by atoms with van der Waals surface area (Å²) in [5.74, 6) is -0.435. The van der Waals surface area contributed by atoms with Gasteiger partial charge >= 0.3 is 0 Å². The molecule has 0 rings (SSSR count). The van der Waals surface area contributed by atoms with Gasteiger partial charge in [0.1, 0.15) is 0 Å². The van der Waals surface area contributed by atoms with E-state index in [4.69, 9.17) is 5.73 Å². The molecule has 0 aromatic heterocycles. The second kappa shape index (κ2) is 12.5. The Bertz CT molecular complexity index is 281. The second-order valence-corrected chi connectivity index (χ2v) is 5.59. The van der Waals surface area contributed by atoms with Gasteiger partial charge in [0, 0.05) is 5.57 Å². The van der Waals surface area contributed by atoms with Gasteiger partial charge in [-0.15, -0.1) is 0 Å². The number of hydrogen-bond acceptors (Lipinski definition) is 4. The van der Waals surface area contributed by atoms with Gasteiger partial charge in [-0.3, -0.25) is 8.98 Å². The number of primary amides is 1. The Morgan fingerprint density at radius 3 is 1.61 bits per heavy atom. The molecule has 0 heterocycles. The van der Waals surface area contributed by atoms with Gasteiger partial charge in [-0.25, -0.2) is 8.42 Å². The summed E-state index contributed by atoms with van der Waals surface area (Å²) >= 11 is 0. The monoisotopic (exact) mass is 283 g/mol. The predicted octanol–water partition coefficient (Wildman–Crippen LogP) is 0.310. The molecule has 0 aliphatic rings. The lowest BCUT2D eigenvalue weighted by atomic mass is 10.3. The Morgan fingerprint density at radius 2 is 1.56 bits per heavy atom. The van der Waals surface area contributed by atoms with Crippen LogP contribution in [0, 0.1) is 0 Å². The zero-order valence-corrected chi connectivity index (χ0v) is 13.1. The minimum Gasteiger partial charge on any atom is -0.366 e. The molecule has 110 valence electrons. The lowest BCUT2D eigenvalue weighted by Crippen LogP contribution is -2.27. The number of amides is 1. The molecule has 0 bridgehead atoms. The molecule has 1 amide bonds. The Hall–Kier alpha value is -0.920. The maximum Gasteiger partial charge on any atom is 0.257 e. The van der Waals surface area contributed by atoms with Crippen molar-refractivity contribution in [3.05, 3.63) is 12.2 Å². The van der Waals surface area contributed by atoms with Gasteiger partial charge in [-0.05, 0) is 13.3 Å². The average molecular weight is 283 g/mol. The molecule has 0 aromatic rings. The molecule has 0 aliphatic carbocycles. The highest BCUT2D eigenvalue weighted by atomic mass is 32.2. The predicted molar refractivity (Wildman–Crippen MR) is 74.5 cm³/mol. The van der Waals surface area contributed by atoms with Crippen molar-refractivity contribution >= 4 is 16.9 Å². The Labute approximate surface area is 112 Å². The first-order chi connectivity index (χ1) is 7.91. The van der Waals surface area contributed by atoms with E-state index in [0.29, 0.717) is 12.2 Å². The van der Waals surface area contributed by atoms with Gasteiger partial charge in [0.2, 0.25) is 5.91 Å². The van der Waals surface area contributed by atoms with Gasteiger partial charge in [0.25, 0.3) is 11.0 Å². The Morgan fingerprint density at radius 1 is 1.28 bits per heavy atom. The third-order valence-corrected chi connectivity index (χ3v) is 1.21. The maximum absolute atomic E-state index is 9.82. The Balaban J connectivity index is -0.000000190. The summed E-state index contributed by atoms with van der Waals surface area (Å²) in [5.41, 5.74) is 5.09. The molecule has 0 fully saturated rings. The van der Waals surface area contributed by atoms with Crippen molar-refractivity contribution in [2.45, 2.75) is 20.3 Å². The summed E-state index contributed by atoms with van der Waals surface area (Å²) in [7, 11) is 5.89. The quantitative estimate of drug-likeness (QED) is 0.442. The summed E-state index contributed by atoms with van der Waals surface area (Å²) < 4.78 is 24.3. The summed E-state index contributed by atoms with van der Waals surface area (Å²) in [6.45, 7) is 7.00. The van der Waals surface area contributed by atoms with Crippen LogP contribution in [0.3, 0.4) is 0 Å². The number of nitrogens with zero attached hydrogens (tertiary/aromatic N) is 1. The number of rotatable bonds is 4. The second-order valence-electron chi connectivity index (χ2n) is 4.88. The van der Waals surface area contributed by atoms with E-state index in [2.05, 4.69) is 39.0 Å². The first kappa shape index (κ1) is 22.3. The van der Waals surface area contributed by atoms with Crippen LogP contribution < -0.4 is 5.73 Å². The summed E-state index contributed by atoms with van der Waals surface area (Å²) in [5, 5.41) is 0. The van der Waals surface area contributed by atoms with Gasteiger partial charge in [0.05, 0.1) is 34.8 Å². The number of carbonyl (C=O) groups is 1. The molecule has 18 heavy (non-hydrogen) atoms. The summed E-state index contributed by atoms with van der Waals surface area (Å²) in [6.07, 6.45) is 0.739. The van der Waals surface area contributed by atoms with Crippen LogP contribution in [-0.2, 0) is 20.0 Å². The lowest BCUT2D eigenvalue weighted by molar-refractivity contribution is -0.849. The maximum atomic E-state index is 9.82. The van der Waals surface area contributed by atoms with Gasteiger partial charge in [-0.1, -0.05) is 13.5 Å². The molecule has 0 saturated carbocycles. The van der Waals surface area contributed by atoms with Crippen LogP contribution in [0.5, 0.6) is 0 Å². The third-order valence-electron chi connectivity index (χ3n) is 0.821. The number of hydrogen-bond donors (Lipinski definition) is 2. The van der Waals surface area contributed by atoms with Gasteiger partial charge in [-0.2, -0.15) is 0 Å². The fraction of sp³-hybridized carbons (Fsp3) is 0.727. The van der Waals surface area contributed by atoms with E-state index in [1.165, 1.54) is 0 Å². The molecule has 2 N–H and O–H groups in total. The largest absolute Gasteiger partial charge is 0.366 e. The SMILES string of the molecule is C=C(C)C(N)=O.CCCO[SH](=O)=O.C[N+](C)(C)C. The molecule has 0 aromatic carbocycles. The zero-order chi connectivity index (χ0) is 15.4. The summed E-state index contributed by atoms with van der Waals surface area (Å²) in [6, 6.07) is 0. The number of quaternary nitrogens is 1. The highest BCUT2D eigenvalue weighted by Gasteiger charge is 1.88. The average Bonchev–Trinajstić information content (AvgIpc) is 2.12. The lowest BCUT2D eigenvalue weighted by Gasteiger charge is -2.14. The smallest absolute Gasteiger partial charge is 0.257 e. The van der Waals surface area contributed by atoms with E-state index < -0.39 is 16.9 Å². The van der Waals surface area contributed by atoms with Crippen LogP contribution in [-0.4, -0.2) is 53.6 Å². The molecular formula is C11H27N2O4S+. The van der Waals surface area contributed by atoms with Gasteiger partial charge < -0.3 is 10.2 Å². The number of thiol groups is 1. The molecule has 0 unspecified atom stereocenters. The molecule has 6 nitrogen and oxygen atoms in total. The number of carbonyl (C=O) groups excluding carboxylic acids is 1. The van der Waals surface area contributed by atoms with Crippen LogP contribution in [0.1, 0.15) is 20.3 Å². The van der Waals surface area contributed by atoms with Crippen molar-refractivity contribution in [3.8, 4) is 0 Å². The van der Waals surface area contributed by atoms with Gasteiger partial charge in [0.15, 0.2) is 0 Å². The van der Waals surface area contributed by atoms with E-state index >= 15 is 0 Å². The zero-order valence-electron chi connectivity index (χ0n) is 12.2. The van der Waals surface area contributed by atoms with Crippen LogP contribution in [0.4, 0.5) is 0 Å². The van der Waals surface area contributed by atoms with Crippen LogP contribution in [0.2, 0.25) is 0 Å². The highest BCUT2D eigenvalue weighted by Crippen LogP contribution is 1.78. The van der Waals surface area contributed by atoms with Crippen molar-refractivity contribution in [1.29, 1.82) is 0 Å². The van der Waals surface area contributed by atoms with E-state index in [1.807, 2.05) is 6.92 Å². The summed E-state index contributed by atoms with van der Waals surface area (Å²) in [4.78, 5) is 9.82. The molecule has 7 heteroatoms. The highest BCUT2D eigenvalue weighted by molar-refractivity contribution is 7.67. The Kier molecular flexibility index (Phi) is 15.5. The minimum absolute atomic E-state index is 0.304. The third kappa shape index (κ3) is 59.6. The van der Waals surface area contributed by atoms with E-state index in [0.717, 1.165) is 10.9 Å². The van der Waals surface area contributed by atoms with E-state index in [9.17, 15) is 13.2 Å². The molecular weight excluding hydrogens is 256 g/mol. The topological polar surface area (TPSA) is 86.5 Å². The molecule has 0 atom stereocenters. The van der Waals surface area contributed by atoms with Crippen LogP contribution in [0.15, 0.2) is 12.2 Å². The number of nitrogens with two attached hydrogens (primary N) is 1. The standard InChI is InChI=1S/C4H7NO.C4H12N.C3H8O3S/c1-3(2)4(5)6;1-5(2,3)4;1-2-3-6-7(4)5/h1H2,2H3,(H2,5,6);1-4H3;7H,2-3H2,1H3/q;+1;. The fourth-order valence-corrected chi connectivity index (χ4v) is 0.497. The first-order valence-corrected chi connectivity index (χ1v) is 6.52. The van der Waals surface area contributed by atoms with Crippen molar-refractivity contribution in [1.82, 2.24) is 0 Å². The molecule has 0 radical (unpaired) electrons. The van der Waals surface area contributed by atoms with Crippen molar-refractivity contribution in [2.24, 2.45) is 5.73 Å². The van der Waals surface area contributed by atoms with E-state index in [-0.39, 0.29) is 0 Å².